The van der Waals surface area contributed by atoms with Crippen LogP contribution in [0.5, 0.6) is 5.75 Å². The number of rotatable bonds is 7. The van der Waals surface area contributed by atoms with Gasteiger partial charge in [-0.3, -0.25) is 0 Å². The monoisotopic (exact) mass is 240 g/mol. The van der Waals surface area contributed by atoms with E-state index in [1.807, 2.05) is 0 Å². The molecule has 1 unspecified atom stereocenters. The average Bonchev–Trinajstić information content (AvgIpc) is 2.35. The standard InChI is InChI=1S/C13H21FN2O/c1-3-10(7-15)8-16-9-11-6-12(14)4-5-13(11)17-2/h4-6,10,16H,3,7-9,15H2,1-2H3. The van der Waals surface area contributed by atoms with Crippen molar-refractivity contribution >= 4 is 0 Å². The topological polar surface area (TPSA) is 47.3 Å². The molecule has 4 heteroatoms. The summed E-state index contributed by atoms with van der Waals surface area (Å²) in [6, 6.07) is 4.54. The van der Waals surface area contributed by atoms with Crippen molar-refractivity contribution < 1.29 is 9.13 Å². The number of methoxy groups -OCH3 is 1. The van der Waals surface area contributed by atoms with Gasteiger partial charge in [-0.15, -0.1) is 0 Å². The lowest BCUT2D eigenvalue weighted by molar-refractivity contribution is 0.403. The summed E-state index contributed by atoms with van der Waals surface area (Å²) in [7, 11) is 1.59. The molecule has 0 spiro atoms. The fraction of sp³-hybridized carbons (Fsp3) is 0.538. The molecule has 0 heterocycles. The number of halogens is 1. The summed E-state index contributed by atoms with van der Waals surface area (Å²) >= 11 is 0. The summed E-state index contributed by atoms with van der Waals surface area (Å²) in [4.78, 5) is 0. The van der Waals surface area contributed by atoms with Crippen LogP contribution in [0.25, 0.3) is 0 Å². The highest BCUT2D eigenvalue weighted by Crippen LogP contribution is 2.18. The van der Waals surface area contributed by atoms with Crippen LogP contribution in [0.1, 0.15) is 18.9 Å². The van der Waals surface area contributed by atoms with Crippen molar-refractivity contribution in [2.24, 2.45) is 11.7 Å². The van der Waals surface area contributed by atoms with Crippen molar-refractivity contribution in [3.8, 4) is 5.75 Å². The number of hydrogen-bond acceptors (Lipinski definition) is 3. The normalized spacial score (nSPS) is 12.5. The zero-order valence-corrected chi connectivity index (χ0v) is 10.5. The minimum Gasteiger partial charge on any atom is -0.496 e. The minimum atomic E-state index is -0.242. The number of benzene rings is 1. The van der Waals surface area contributed by atoms with Gasteiger partial charge in [-0.1, -0.05) is 13.3 Å². The molecule has 0 bridgehead atoms. The smallest absolute Gasteiger partial charge is 0.123 e. The summed E-state index contributed by atoms with van der Waals surface area (Å²) in [5, 5.41) is 3.28. The summed E-state index contributed by atoms with van der Waals surface area (Å²) in [6.07, 6.45) is 1.05. The van der Waals surface area contributed by atoms with Crippen LogP contribution in [0.3, 0.4) is 0 Å². The van der Waals surface area contributed by atoms with Crippen LogP contribution in [-0.4, -0.2) is 20.2 Å². The Kier molecular flexibility index (Phi) is 5.94. The quantitative estimate of drug-likeness (QED) is 0.765. The highest BCUT2D eigenvalue weighted by atomic mass is 19.1. The molecule has 1 rings (SSSR count). The predicted molar refractivity (Wildman–Crippen MR) is 67.5 cm³/mol. The molecule has 0 saturated heterocycles. The number of hydrogen-bond donors (Lipinski definition) is 2. The zero-order valence-electron chi connectivity index (χ0n) is 10.5. The molecule has 3 N–H and O–H groups in total. The maximum Gasteiger partial charge on any atom is 0.123 e. The fourth-order valence-corrected chi connectivity index (χ4v) is 1.69. The summed E-state index contributed by atoms with van der Waals surface area (Å²) in [5.74, 6) is 0.933. The van der Waals surface area contributed by atoms with Gasteiger partial charge in [-0.05, 0) is 37.2 Å². The van der Waals surface area contributed by atoms with Gasteiger partial charge in [0.25, 0.3) is 0 Å². The Bertz CT molecular complexity index is 340. The second-order valence-electron chi connectivity index (χ2n) is 4.10. The van der Waals surface area contributed by atoms with Crippen molar-refractivity contribution in [1.29, 1.82) is 0 Å². The molecule has 0 aromatic heterocycles. The highest BCUT2D eigenvalue weighted by Gasteiger charge is 2.06. The van der Waals surface area contributed by atoms with Gasteiger partial charge in [0.1, 0.15) is 11.6 Å². The van der Waals surface area contributed by atoms with Gasteiger partial charge >= 0.3 is 0 Å². The van der Waals surface area contributed by atoms with Gasteiger partial charge in [0, 0.05) is 12.1 Å². The van der Waals surface area contributed by atoms with Crippen molar-refractivity contribution in [3.05, 3.63) is 29.6 Å². The second kappa shape index (κ2) is 7.25. The van der Waals surface area contributed by atoms with E-state index in [2.05, 4.69) is 12.2 Å². The van der Waals surface area contributed by atoms with Gasteiger partial charge in [0.05, 0.1) is 7.11 Å². The molecule has 0 radical (unpaired) electrons. The molecule has 0 amide bonds. The van der Waals surface area contributed by atoms with Crippen LogP contribution in [0.15, 0.2) is 18.2 Å². The number of nitrogens with one attached hydrogen (secondary N) is 1. The Balaban J connectivity index is 2.53. The lowest BCUT2D eigenvalue weighted by atomic mass is 10.1. The Morgan fingerprint density at radius 2 is 2.24 bits per heavy atom. The molecule has 96 valence electrons. The zero-order chi connectivity index (χ0) is 12.7. The second-order valence-corrected chi connectivity index (χ2v) is 4.10. The van der Waals surface area contributed by atoms with Gasteiger partial charge < -0.3 is 15.8 Å². The van der Waals surface area contributed by atoms with E-state index in [4.69, 9.17) is 10.5 Å². The van der Waals surface area contributed by atoms with E-state index in [9.17, 15) is 4.39 Å². The average molecular weight is 240 g/mol. The highest BCUT2D eigenvalue weighted by molar-refractivity contribution is 5.33. The van der Waals surface area contributed by atoms with Crippen molar-refractivity contribution in [2.75, 3.05) is 20.2 Å². The first kappa shape index (κ1) is 13.9. The molecule has 0 aliphatic rings. The van der Waals surface area contributed by atoms with Crippen LogP contribution >= 0.6 is 0 Å². The Morgan fingerprint density at radius 3 is 2.82 bits per heavy atom. The largest absolute Gasteiger partial charge is 0.496 e. The number of nitrogens with two attached hydrogens (primary N) is 1. The van der Waals surface area contributed by atoms with Crippen LogP contribution < -0.4 is 15.8 Å². The summed E-state index contributed by atoms with van der Waals surface area (Å²) < 4.78 is 18.3. The third-order valence-electron chi connectivity index (χ3n) is 2.90. The van der Waals surface area contributed by atoms with E-state index in [0.717, 1.165) is 18.5 Å². The number of ether oxygens (including phenoxy) is 1. The van der Waals surface area contributed by atoms with Gasteiger partial charge in [-0.2, -0.15) is 0 Å². The molecule has 0 saturated carbocycles. The molecule has 0 fully saturated rings. The third kappa shape index (κ3) is 4.32. The SMILES string of the molecule is CCC(CN)CNCc1cc(F)ccc1OC. The Morgan fingerprint density at radius 1 is 1.47 bits per heavy atom. The lowest BCUT2D eigenvalue weighted by Crippen LogP contribution is -2.27. The van der Waals surface area contributed by atoms with Crippen molar-refractivity contribution in [2.45, 2.75) is 19.9 Å². The van der Waals surface area contributed by atoms with Gasteiger partial charge in [0.2, 0.25) is 0 Å². The Hall–Kier alpha value is -1.13. The first-order chi connectivity index (χ1) is 8.21. The molecular weight excluding hydrogens is 219 g/mol. The van der Waals surface area contributed by atoms with Crippen molar-refractivity contribution in [1.82, 2.24) is 5.32 Å². The molecule has 1 atom stereocenters. The lowest BCUT2D eigenvalue weighted by Gasteiger charge is -2.14. The molecule has 1 aromatic rings. The summed E-state index contributed by atoms with van der Waals surface area (Å²) in [5.41, 5.74) is 6.45. The molecule has 0 aliphatic heterocycles. The van der Waals surface area contributed by atoms with E-state index < -0.39 is 0 Å². The maximum absolute atomic E-state index is 13.1. The maximum atomic E-state index is 13.1. The predicted octanol–water partition coefficient (Wildman–Crippen LogP) is 1.91. The van der Waals surface area contributed by atoms with Crippen molar-refractivity contribution in [3.63, 3.8) is 0 Å². The Labute approximate surface area is 102 Å². The van der Waals surface area contributed by atoms with Crippen LogP contribution in [-0.2, 0) is 6.54 Å². The van der Waals surface area contributed by atoms with Gasteiger partial charge in [-0.25, -0.2) is 4.39 Å². The minimum absolute atomic E-state index is 0.242. The van der Waals surface area contributed by atoms with Crippen LogP contribution in [0, 0.1) is 11.7 Å². The van der Waals surface area contributed by atoms with E-state index in [0.29, 0.717) is 24.8 Å². The first-order valence-electron chi connectivity index (χ1n) is 5.94. The first-order valence-corrected chi connectivity index (χ1v) is 5.94. The molecule has 1 aromatic carbocycles. The molecular formula is C13H21FN2O. The van der Waals surface area contributed by atoms with E-state index in [1.54, 1.807) is 13.2 Å². The van der Waals surface area contributed by atoms with Gasteiger partial charge in [0.15, 0.2) is 0 Å². The molecule has 17 heavy (non-hydrogen) atoms. The fourth-order valence-electron chi connectivity index (χ4n) is 1.69. The molecule has 0 aliphatic carbocycles. The van der Waals surface area contributed by atoms with E-state index in [-0.39, 0.29) is 5.82 Å². The van der Waals surface area contributed by atoms with Crippen LogP contribution in [0.2, 0.25) is 0 Å². The summed E-state index contributed by atoms with van der Waals surface area (Å²) in [6.45, 7) is 4.22. The van der Waals surface area contributed by atoms with E-state index in [1.165, 1.54) is 12.1 Å². The van der Waals surface area contributed by atoms with E-state index >= 15 is 0 Å². The third-order valence-corrected chi connectivity index (χ3v) is 2.90. The molecule has 3 nitrogen and oxygen atoms in total. The van der Waals surface area contributed by atoms with Crippen LogP contribution in [0.4, 0.5) is 4.39 Å².